The minimum absolute atomic E-state index is 0.0524. The van der Waals surface area contributed by atoms with Crippen molar-refractivity contribution in [2.75, 3.05) is 13.7 Å². The number of nitrogens with zero attached hydrogens (tertiary/aromatic N) is 4. The van der Waals surface area contributed by atoms with Crippen LogP contribution in [0, 0.1) is 0 Å². The van der Waals surface area contributed by atoms with Gasteiger partial charge in [0.1, 0.15) is 17.2 Å². The Kier molecular flexibility index (Phi) is 4.87. The lowest BCUT2D eigenvalue weighted by Gasteiger charge is -2.38. The van der Waals surface area contributed by atoms with Gasteiger partial charge < -0.3 is 19.5 Å². The zero-order valence-electron chi connectivity index (χ0n) is 17.9. The van der Waals surface area contributed by atoms with Gasteiger partial charge in [-0.25, -0.2) is 15.0 Å². The average molecular weight is 418 g/mol. The number of hydrogen-bond acceptors (Lipinski definition) is 7. The Morgan fingerprint density at radius 1 is 1.16 bits per heavy atom. The molecule has 5 rings (SSSR count). The van der Waals surface area contributed by atoms with Crippen molar-refractivity contribution >= 4 is 11.4 Å². The Morgan fingerprint density at radius 3 is 2.68 bits per heavy atom. The van der Waals surface area contributed by atoms with Gasteiger partial charge in [0.25, 0.3) is 0 Å². The summed E-state index contributed by atoms with van der Waals surface area (Å²) in [5.41, 5.74) is 1.99. The SMILES string of the molecule is COc1ccccc1C1CCOC2N=C3C=CC(c4cnc(C(C)(C)O)nc4)=CN3C21. The second-order valence-corrected chi connectivity index (χ2v) is 8.56. The minimum atomic E-state index is -1.07. The van der Waals surface area contributed by atoms with Crippen LogP contribution >= 0.6 is 0 Å². The first-order valence-electron chi connectivity index (χ1n) is 10.5. The highest BCUT2D eigenvalue weighted by Gasteiger charge is 2.45. The highest BCUT2D eigenvalue weighted by Crippen LogP contribution is 2.42. The third-order valence-electron chi connectivity index (χ3n) is 6.03. The molecule has 7 heteroatoms. The molecular formula is C24H26N4O3. The molecule has 4 heterocycles. The molecule has 0 spiro atoms. The van der Waals surface area contributed by atoms with Crippen LogP contribution in [0.1, 0.15) is 43.1 Å². The van der Waals surface area contributed by atoms with Crippen LogP contribution < -0.4 is 4.74 Å². The summed E-state index contributed by atoms with van der Waals surface area (Å²) in [7, 11) is 1.71. The quantitative estimate of drug-likeness (QED) is 0.821. The molecule has 1 aromatic heterocycles. The smallest absolute Gasteiger partial charge is 0.171 e. The number of aromatic nitrogens is 2. The Balaban J connectivity index is 1.48. The second-order valence-electron chi connectivity index (χ2n) is 8.56. The van der Waals surface area contributed by atoms with E-state index in [4.69, 9.17) is 14.5 Å². The van der Waals surface area contributed by atoms with Gasteiger partial charge in [-0.1, -0.05) is 18.2 Å². The van der Waals surface area contributed by atoms with Crippen molar-refractivity contribution in [2.45, 2.75) is 44.1 Å². The van der Waals surface area contributed by atoms with E-state index in [1.165, 1.54) is 5.56 Å². The van der Waals surface area contributed by atoms with Crippen molar-refractivity contribution in [3.05, 3.63) is 72.0 Å². The van der Waals surface area contributed by atoms with Crippen LogP contribution in [0.2, 0.25) is 0 Å². The van der Waals surface area contributed by atoms with E-state index in [0.29, 0.717) is 12.4 Å². The summed E-state index contributed by atoms with van der Waals surface area (Å²) in [5.74, 6) is 2.43. The van der Waals surface area contributed by atoms with E-state index in [-0.39, 0.29) is 18.2 Å². The normalized spacial score (nSPS) is 24.9. The summed E-state index contributed by atoms with van der Waals surface area (Å²) in [6.45, 7) is 4.02. The summed E-state index contributed by atoms with van der Waals surface area (Å²) in [6, 6.07) is 8.25. The van der Waals surface area contributed by atoms with Gasteiger partial charge in [-0.15, -0.1) is 0 Å². The largest absolute Gasteiger partial charge is 0.496 e. The fourth-order valence-corrected chi connectivity index (χ4v) is 4.49. The van der Waals surface area contributed by atoms with Crippen LogP contribution in [0.15, 0.2) is 60.0 Å². The number of allylic oxidation sites excluding steroid dienone is 2. The van der Waals surface area contributed by atoms with Crippen LogP contribution in [0.25, 0.3) is 5.57 Å². The fourth-order valence-electron chi connectivity index (χ4n) is 4.49. The molecule has 0 bridgehead atoms. The first kappa shape index (κ1) is 19.9. The molecule has 3 aliphatic rings. The predicted octanol–water partition coefficient (Wildman–Crippen LogP) is 3.24. The number of methoxy groups -OCH3 is 1. The third-order valence-corrected chi connectivity index (χ3v) is 6.03. The van der Waals surface area contributed by atoms with Gasteiger partial charge in [-0.2, -0.15) is 0 Å². The molecule has 3 aliphatic heterocycles. The molecule has 7 nitrogen and oxygen atoms in total. The molecule has 2 aromatic rings. The molecule has 0 saturated carbocycles. The Hall–Kier alpha value is -3.03. The van der Waals surface area contributed by atoms with Gasteiger partial charge in [0.05, 0.1) is 19.8 Å². The second kappa shape index (κ2) is 7.59. The summed E-state index contributed by atoms with van der Waals surface area (Å²) in [5, 5.41) is 10.1. The van der Waals surface area contributed by atoms with Crippen molar-refractivity contribution in [1.82, 2.24) is 14.9 Å². The Labute approximate surface area is 181 Å². The van der Waals surface area contributed by atoms with Crippen molar-refractivity contribution in [2.24, 2.45) is 4.99 Å². The first-order chi connectivity index (χ1) is 15.0. The Morgan fingerprint density at radius 2 is 1.94 bits per heavy atom. The number of para-hydroxylation sites is 1. The molecule has 1 N–H and O–H groups in total. The van der Waals surface area contributed by atoms with Crippen LogP contribution in [-0.2, 0) is 10.3 Å². The minimum Gasteiger partial charge on any atom is -0.496 e. The zero-order valence-corrected chi connectivity index (χ0v) is 17.9. The van der Waals surface area contributed by atoms with E-state index in [2.05, 4.69) is 33.2 Å². The maximum Gasteiger partial charge on any atom is 0.171 e. The predicted molar refractivity (Wildman–Crippen MR) is 118 cm³/mol. The van der Waals surface area contributed by atoms with Crippen molar-refractivity contribution in [3.63, 3.8) is 0 Å². The maximum absolute atomic E-state index is 10.1. The maximum atomic E-state index is 10.1. The van der Waals surface area contributed by atoms with Crippen LogP contribution in [0.5, 0.6) is 5.75 Å². The molecule has 3 unspecified atom stereocenters. The van der Waals surface area contributed by atoms with Crippen LogP contribution in [0.4, 0.5) is 0 Å². The first-order valence-corrected chi connectivity index (χ1v) is 10.5. The van der Waals surface area contributed by atoms with Gasteiger partial charge in [-0.3, -0.25) is 0 Å². The highest BCUT2D eigenvalue weighted by atomic mass is 16.5. The summed E-state index contributed by atoms with van der Waals surface area (Å²) >= 11 is 0. The fraction of sp³-hybridized carbons (Fsp3) is 0.375. The Bertz CT molecular complexity index is 1070. The molecule has 0 aliphatic carbocycles. The summed E-state index contributed by atoms with van der Waals surface area (Å²) in [6.07, 6.45) is 10.3. The van der Waals surface area contributed by atoms with Gasteiger partial charge in [0.15, 0.2) is 12.1 Å². The van der Waals surface area contributed by atoms with Crippen LogP contribution in [0.3, 0.4) is 0 Å². The number of amidine groups is 1. The molecule has 0 amide bonds. The molecule has 0 radical (unpaired) electrons. The van der Waals surface area contributed by atoms with Crippen molar-refractivity contribution in [3.8, 4) is 5.75 Å². The van der Waals surface area contributed by atoms with Crippen molar-refractivity contribution < 1.29 is 14.6 Å². The topological polar surface area (TPSA) is 80.1 Å². The zero-order chi connectivity index (χ0) is 21.6. The number of ether oxygens (including phenoxy) is 2. The van der Waals surface area contributed by atoms with Crippen LogP contribution in [-0.4, -0.2) is 51.8 Å². The number of aliphatic imine (C=N–C) groups is 1. The van der Waals surface area contributed by atoms with Gasteiger partial charge >= 0.3 is 0 Å². The van der Waals surface area contributed by atoms with Crippen molar-refractivity contribution in [1.29, 1.82) is 0 Å². The third kappa shape index (κ3) is 3.54. The summed E-state index contributed by atoms with van der Waals surface area (Å²) < 4.78 is 11.7. The van der Waals surface area contributed by atoms with Gasteiger partial charge in [0.2, 0.25) is 0 Å². The number of rotatable bonds is 4. The highest BCUT2D eigenvalue weighted by molar-refractivity contribution is 6.01. The lowest BCUT2D eigenvalue weighted by Crippen LogP contribution is -2.45. The molecule has 1 saturated heterocycles. The van der Waals surface area contributed by atoms with E-state index in [9.17, 15) is 5.11 Å². The van der Waals surface area contributed by atoms with E-state index in [1.807, 2.05) is 24.3 Å². The molecule has 31 heavy (non-hydrogen) atoms. The van der Waals surface area contributed by atoms with E-state index >= 15 is 0 Å². The lowest BCUT2D eigenvalue weighted by molar-refractivity contribution is -0.0186. The standard InChI is InChI=1S/C24H26N4O3/c1-24(2,29)23-25-12-16(13-26-23)15-8-9-20-27-22-21(28(20)14-15)18(10-11-31-22)17-6-4-5-7-19(17)30-3/h4-9,12-14,18,21-22,29H,10-11H2,1-3H3. The number of hydrogen-bond donors (Lipinski definition) is 1. The van der Waals surface area contributed by atoms with Gasteiger partial charge in [0, 0.05) is 35.6 Å². The van der Waals surface area contributed by atoms with E-state index in [0.717, 1.165) is 29.1 Å². The average Bonchev–Trinajstić information content (AvgIpc) is 3.16. The molecule has 1 aromatic carbocycles. The molecule has 160 valence electrons. The molecule has 3 atom stereocenters. The summed E-state index contributed by atoms with van der Waals surface area (Å²) in [4.78, 5) is 15.7. The number of benzene rings is 1. The lowest BCUT2D eigenvalue weighted by atomic mass is 9.85. The monoisotopic (exact) mass is 418 g/mol. The van der Waals surface area contributed by atoms with Gasteiger partial charge in [-0.05, 0) is 44.1 Å². The van der Waals surface area contributed by atoms with E-state index < -0.39 is 5.60 Å². The van der Waals surface area contributed by atoms with E-state index in [1.54, 1.807) is 33.4 Å². The molecular weight excluding hydrogens is 392 g/mol. The number of fused-ring (bicyclic) bond motifs is 3. The molecule has 1 fully saturated rings. The number of aliphatic hydroxyl groups is 1.